The van der Waals surface area contributed by atoms with Crippen molar-refractivity contribution >= 4 is 23.4 Å². The minimum absolute atomic E-state index is 0.0112. The van der Waals surface area contributed by atoms with E-state index in [9.17, 15) is 9.59 Å². The number of hydrogen-bond acceptors (Lipinski definition) is 4. The highest BCUT2D eigenvalue weighted by atomic mass is 35.5. The van der Waals surface area contributed by atoms with E-state index in [-0.39, 0.29) is 17.7 Å². The second kappa shape index (κ2) is 9.18. The van der Waals surface area contributed by atoms with E-state index < -0.39 is 0 Å². The van der Waals surface area contributed by atoms with E-state index in [1.54, 1.807) is 11.0 Å². The van der Waals surface area contributed by atoms with Crippen molar-refractivity contribution in [3.05, 3.63) is 57.6 Å². The molecule has 4 rings (SSSR count). The van der Waals surface area contributed by atoms with E-state index in [2.05, 4.69) is 5.32 Å². The number of nitrogens with one attached hydrogen (secondary N) is 1. The van der Waals surface area contributed by atoms with Crippen LogP contribution < -0.4 is 14.8 Å². The van der Waals surface area contributed by atoms with Crippen LogP contribution in [0.5, 0.6) is 11.5 Å². The van der Waals surface area contributed by atoms with Crippen molar-refractivity contribution in [3.8, 4) is 11.5 Å². The number of halogens is 1. The van der Waals surface area contributed by atoms with Crippen LogP contribution >= 0.6 is 11.6 Å². The molecular formula is C24H27ClN2O4. The number of hydrogen-bond donors (Lipinski definition) is 1. The number of nitrogens with zero attached hydrogens (tertiary/aromatic N) is 1. The molecular weight excluding hydrogens is 416 g/mol. The summed E-state index contributed by atoms with van der Waals surface area (Å²) in [4.78, 5) is 27.6. The Kier molecular flexibility index (Phi) is 6.37. The molecule has 2 aromatic rings. The highest BCUT2D eigenvalue weighted by Gasteiger charge is 2.29. The molecule has 7 heteroatoms. The molecule has 31 heavy (non-hydrogen) atoms. The van der Waals surface area contributed by atoms with E-state index in [1.807, 2.05) is 38.1 Å². The second-order valence-electron chi connectivity index (χ2n) is 8.29. The Bertz CT molecular complexity index is 987. The number of likely N-dealkylation sites (tertiary alicyclic amines) is 1. The Labute approximate surface area is 187 Å². The molecule has 164 valence electrons. The number of ether oxygens (including phenoxy) is 2. The fraction of sp³-hybridized carbons (Fsp3) is 0.417. The molecule has 0 aromatic heterocycles. The zero-order chi connectivity index (χ0) is 22.0. The number of rotatable bonds is 4. The molecule has 0 radical (unpaired) electrons. The smallest absolute Gasteiger partial charge is 0.253 e. The molecule has 2 aliphatic heterocycles. The largest absolute Gasteiger partial charge is 0.486 e. The van der Waals surface area contributed by atoms with Gasteiger partial charge in [-0.05, 0) is 56.5 Å². The van der Waals surface area contributed by atoms with Crippen LogP contribution in [0.15, 0.2) is 30.3 Å². The Morgan fingerprint density at radius 1 is 1.10 bits per heavy atom. The predicted octanol–water partition coefficient (Wildman–Crippen LogP) is 3.90. The van der Waals surface area contributed by atoms with Gasteiger partial charge in [-0.1, -0.05) is 28.8 Å². The maximum absolute atomic E-state index is 13.0. The quantitative estimate of drug-likeness (QED) is 0.779. The summed E-state index contributed by atoms with van der Waals surface area (Å²) in [5, 5.41) is 3.46. The van der Waals surface area contributed by atoms with Gasteiger partial charge in [-0.25, -0.2) is 0 Å². The van der Waals surface area contributed by atoms with Crippen LogP contribution in [0.2, 0.25) is 5.02 Å². The number of carbonyl (C=O) groups is 2. The van der Waals surface area contributed by atoms with Gasteiger partial charge in [0.1, 0.15) is 13.2 Å². The lowest BCUT2D eigenvalue weighted by molar-refractivity contribution is -0.126. The average Bonchev–Trinajstić information content (AvgIpc) is 2.76. The summed E-state index contributed by atoms with van der Waals surface area (Å²) in [6.07, 6.45) is 1.58. The molecule has 0 spiro atoms. The third-order valence-electron chi connectivity index (χ3n) is 5.67. The van der Waals surface area contributed by atoms with E-state index in [1.165, 1.54) is 0 Å². The number of amides is 2. The first-order chi connectivity index (χ1) is 14.9. The van der Waals surface area contributed by atoms with Crippen molar-refractivity contribution in [2.45, 2.75) is 33.2 Å². The van der Waals surface area contributed by atoms with Crippen LogP contribution in [0.25, 0.3) is 0 Å². The Morgan fingerprint density at radius 3 is 2.61 bits per heavy atom. The van der Waals surface area contributed by atoms with Gasteiger partial charge in [-0.2, -0.15) is 0 Å². The number of benzene rings is 2. The summed E-state index contributed by atoms with van der Waals surface area (Å²) in [6, 6.07) is 9.49. The van der Waals surface area contributed by atoms with Gasteiger partial charge < -0.3 is 19.7 Å². The van der Waals surface area contributed by atoms with Crippen LogP contribution in [0.3, 0.4) is 0 Å². The zero-order valence-electron chi connectivity index (χ0n) is 17.9. The SMILES string of the molecule is Cc1cc(C)cc(C(=O)N2CCCC(C(=O)NCc3cc(Cl)c4c(c3)OCCO4)C2)c1. The minimum atomic E-state index is -0.226. The first-order valence-electron chi connectivity index (χ1n) is 10.6. The average molecular weight is 443 g/mol. The Balaban J connectivity index is 1.38. The molecule has 0 bridgehead atoms. The Morgan fingerprint density at radius 2 is 1.84 bits per heavy atom. The molecule has 0 saturated carbocycles. The van der Waals surface area contributed by atoms with Crippen molar-refractivity contribution in [2.24, 2.45) is 5.92 Å². The summed E-state index contributed by atoms with van der Waals surface area (Å²) >= 11 is 6.28. The second-order valence-corrected chi connectivity index (χ2v) is 8.69. The monoisotopic (exact) mass is 442 g/mol. The molecule has 2 aliphatic rings. The fourth-order valence-electron chi connectivity index (χ4n) is 4.26. The van der Waals surface area contributed by atoms with Crippen molar-refractivity contribution in [3.63, 3.8) is 0 Å². The van der Waals surface area contributed by atoms with Crippen molar-refractivity contribution in [1.82, 2.24) is 10.2 Å². The molecule has 2 heterocycles. The molecule has 1 fully saturated rings. The van der Waals surface area contributed by atoms with Crippen LogP contribution in [-0.2, 0) is 11.3 Å². The van der Waals surface area contributed by atoms with Crippen LogP contribution in [0.4, 0.5) is 0 Å². The topological polar surface area (TPSA) is 67.9 Å². The lowest BCUT2D eigenvalue weighted by Gasteiger charge is -2.32. The van der Waals surface area contributed by atoms with Gasteiger partial charge in [0.05, 0.1) is 10.9 Å². The van der Waals surface area contributed by atoms with Gasteiger partial charge in [0.15, 0.2) is 11.5 Å². The molecule has 2 aromatic carbocycles. The summed E-state index contributed by atoms with van der Waals surface area (Å²) in [5.41, 5.74) is 3.66. The normalized spacial score (nSPS) is 17.9. The number of piperidine rings is 1. The Hall–Kier alpha value is -2.73. The summed E-state index contributed by atoms with van der Waals surface area (Å²) in [5.74, 6) is 0.866. The minimum Gasteiger partial charge on any atom is -0.486 e. The van der Waals surface area contributed by atoms with Crippen LogP contribution in [0.1, 0.15) is 39.9 Å². The zero-order valence-corrected chi connectivity index (χ0v) is 18.6. The van der Waals surface area contributed by atoms with Crippen molar-refractivity contribution in [1.29, 1.82) is 0 Å². The van der Waals surface area contributed by atoms with Crippen molar-refractivity contribution < 1.29 is 19.1 Å². The lowest BCUT2D eigenvalue weighted by Crippen LogP contribution is -2.45. The van der Waals surface area contributed by atoms with E-state index >= 15 is 0 Å². The van der Waals surface area contributed by atoms with Gasteiger partial charge in [0.25, 0.3) is 5.91 Å². The number of fused-ring (bicyclic) bond motifs is 1. The molecule has 1 saturated heterocycles. The third-order valence-corrected chi connectivity index (χ3v) is 5.95. The molecule has 0 aliphatic carbocycles. The van der Waals surface area contributed by atoms with Crippen molar-refractivity contribution in [2.75, 3.05) is 26.3 Å². The van der Waals surface area contributed by atoms with E-state index in [4.69, 9.17) is 21.1 Å². The maximum Gasteiger partial charge on any atom is 0.253 e. The number of aryl methyl sites for hydroxylation is 2. The maximum atomic E-state index is 13.0. The van der Waals surface area contributed by atoms with Crippen LogP contribution in [0, 0.1) is 19.8 Å². The van der Waals surface area contributed by atoms with Gasteiger partial charge in [0.2, 0.25) is 5.91 Å². The summed E-state index contributed by atoms with van der Waals surface area (Å²) < 4.78 is 11.1. The van der Waals surface area contributed by atoms with E-state index in [0.717, 1.165) is 29.5 Å². The first kappa shape index (κ1) is 21.5. The number of carbonyl (C=O) groups excluding carboxylic acids is 2. The third kappa shape index (κ3) is 4.96. The standard InChI is InChI=1S/C24H27ClN2O4/c1-15-8-16(2)10-19(9-15)24(29)27-5-3-4-18(14-27)23(28)26-13-17-11-20(25)22-21(12-17)30-6-7-31-22/h8-12,18H,3-7,13-14H2,1-2H3,(H,26,28). The van der Waals surface area contributed by atoms with E-state index in [0.29, 0.717) is 54.9 Å². The molecule has 1 unspecified atom stereocenters. The van der Waals surface area contributed by atoms with Gasteiger partial charge in [-0.15, -0.1) is 0 Å². The van der Waals surface area contributed by atoms with Gasteiger partial charge in [-0.3, -0.25) is 9.59 Å². The molecule has 1 N–H and O–H groups in total. The summed E-state index contributed by atoms with van der Waals surface area (Å²) in [6.45, 7) is 6.37. The van der Waals surface area contributed by atoms with Gasteiger partial charge >= 0.3 is 0 Å². The highest BCUT2D eigenvalue weighted by molar-refractivity contribution is 6.32. The predicted molar refractivity (Wildman–Crippen MR) is 119 cm³/mol. The lowest BCUT2D eigenvalue weighted by atomic mass is 9.96. The first-order valence-corrected chi connectivity index (χ1v) is 11.0. The molecule has 2 amide bonds. The highest BCUT2D eigenvalue weighted by Crippen LogP contribution is 2.38. The molecule has 1 atom stereocenters. The van der Waals surface area contributed by atoms with Crippen LogP contribution in [-0.4, -0.2) is 43.0 Å². The van der Waals surface area contributed by atoms with Gasteiger partial charge in [0, 0.05) is 25.2 Å². The molecule has 6 nitrogen and oxygen atoms in total. The fourth-order valence-corrected chi connectivity index (χ4v) is 4.54. The summed E-state index contributed by atoms with van der Waals surface area (Å²) in [7, 11) is 0.